The molecule has 0 aliphatic heterocycles. The van der Waals surface area contributed by atoms with Crippen molar-refractivity contribution in [3.05, 3.63) is 65.7 Å². The summed E-state index contributed by atoms with van der Waals surface area (Å²) in [5.74, 6) is -1.60. The van der Waals surface area contributed by atoms with Gasteiger partial charge in [0.2, 0.25) is 0 Å². The van der Waals surface area contributed by atoms with Gasteiger partial charge in [-0.15, -0.1) is 0 Å². The van der Waals surface area contributed by atoms with E-state index in [1.807, 2.05) is 30.3 Å². The van der Waals surface area contributed by atoms with E-state index >= 15 is 0 Å². The quantitative estimate of drug-likeness (QED) is 0.633. The van der Waals surface area contributed by atoms with Crippen LogP contribution in [0.3, 0.4) is 0 Å². The van der Waals surface area contributed by atoms with Crippen molar-refractivity contribution in [3.8, 4) is 0 Å². The summed E-state index contributed by atoms with van der Waals surface area (Å²) in [6, 6.07) is 15.4. The lowest BCUT2D eigenvalue weighted by molar-refractivity contribution is -0.120. The highest BCUT2D eigenvalue weighted by Gasteiger charge is 2.11. The number of rotatable bonds is 6. The second kappa shape index (κ2) is 7.58. The highest BCUT2D eigenvalue weighted by atomic mass is 16.6. The van der Waals surface area contributed by atoms with Crippen LogP contribution in [0.4, 0.5) is 5.69 Å². The predicted molar refractivity (Wildman–Crippen MR) is 82.0 cm³/mol. The molecule has 2 rings (SSSR count). The fourth-order valence-corrected chi connectivity index (χ4v) is 1.70. The molecular formula is C16H14N2O4. The number of carboxylic acid groups (broad SMARTS) is 1. The highest BCUT2D eigenvalue weighted by molar-refractivity contribution is 6.00. The fraction of sp³-hybridized carbons (Fsp3) is 0.0625. The van der Waals surface area contributed by atoms with Gasteiger partial charge in [-0.2, -0.15) is 0 Å². The number of carbonyl (C=O) groups is 2. The molecule has 2 aromatic carbocycles. The summed E-state index contributed by atoms with van der Waals surface area (Å²) in [5.41, 5.74) is 1.08. The molecule has 2 N–H and O–H groups in total. The van der Waals surface area contributed by atoms with Crippen LogP contribution >= 0.6 is 0 Å². The van der Waals surface area contributed by atoms with Crippen molar-refractivity contribution in [2.75, 3.05) is 11.9 Å². The van der Waals surface area contributed by atoms with Gasteiger partial charge in [0, 0.05) is 0 Å². The van der Waals surface area contributed by atoms with Gasteiger partial charge in [-0.1, -0.05) is 47.6 Å². The molecule has 2 aromatic rings. The Labute approximate surface area is 127 Å². The monoisotopic (exact) mass is 298 g/mol. The van der Waals surface area contributed by atoms with E-state index in [9.17, 15) is 9.59 Å². The molecule has 0 saturated heterocycles. The zero-order chi connectivity index (χ0) is 15.8. The molecule has 0 saturated carbocycles. The minimum absolute atomic E-state index is 0.0173. The molecule has 0 heterocycles. The molecule has 0 atom stereocenters. The van der Waals surface area contributed by atoms with Crippen LogP contribution in [0.25, 0.3) is 0 Å². The number of carboxylic acids is 1. The molecule has 6 nitrogen and oxygen atoms in total. The van der Waals surface area contributed by atoms with Gasteiger partial charge in [0.25, 0.3) is 5.91 Å². The van der Waals surface area contributed by atoms with Crippen LogP contribution in [0, 0.1) is 0 Å². The lowest BCUT2D eigenvalue weighted by Crippen LogP contribution is -2.18. The number of hydrogen-bond donors (Lipinski definition) is 2. The van der Waals surface area contributed by atoms with Crippen molar-refractivity contribution in [1.82, 2.24) is 0 Å². The second-order valence-electron chi connectivity index (χ2n) is 4.32. The molecule has 0 aromatic heterocycles. The molecule has 0 radical (unpaired) electrons. The molecule has 0 aliphatic rings. The summed E-state index contributed by atoms with van der Waals surface area (Å²) in [6.07, 6.45) is 1.48. The van der Waals surface area contributed by atoms with Crippen molar-refractivity contribution < 1.29 is 19.5 Å². The first-order valence-corrected chi connectivity index (χ1v) is 6.49. The molecule has 0 bridgehead atoms. The predicted octanol–water partition coefficient (Wildman–Crippen LogP) is 2.37. The van der Waals surface area contributed by atoms with Crippen LogP contribution in [-0.4, -0.2) is 29.8 Å². The molecule has 0 unspecified atom stereocenters. The van der Waals surface area contributed by atoms with E-state index in [0.717, 1.165) is 5.56 Å². The van der Waals surface area contributed by atoms with Crippen molar-refractivity contribution in [2.24, 2.45) is 5.16 Å². The van der Waals surface area contributed by atoms with Gasteiger partial charge in [-0.3, -0.25) is 4.79 Å². The molecule has 0 aliphatic carbocycles. The van der Waals surface area contributed by atoms with E-state index in [4.69, 9.17) is 9.94 Å². The first-order chi connectivity index (χ1) is 10.7. The standard InChI is InChI=1S/C16H14N2O4/c19-15(11-22-17-10-12-6-2-1-3-7-12)18-14-9-5-4-8-13(14)16(20)21/h1-10H,11H2,(H,18,19)(H,20,21). The minimum atomic E-state index is -1.11. The van der Waals surface area contributed by atoms with Gasteiger partial charge in [0.15, 0.2) is 6.61 Å². The summed E-state index contributed by atoms with van der Waals surface area (Å²) in [6.45, 7) is -0.308. The Bertz CT molecular complexity index is 684. The number of carbonyl (C=O) groups excluding carboxylic acids is 1. The number of nitrogens with zero attached hydrogens (tertiary/aromatic N) is 1. The average molecular weight is 298 g/mol. The number of nitrogens with one attached hydrogen (secondary N) is 1. The molecule has 0 fully saturated rings. The van der Waals surface area contributed by atoms with Crippen LogP contribution in [0.1, 0.15) is 15.9 Å². The zero-order valence-electron chi connectivity index (χ0n) is 11.6. The van der Waals surface area contributed by atoms with Gasteiger partial charge < -0.3 is 15.3 Å². The summed E-state index contributed by atoms with van der Waals surface area (Å²) in [4.78, 5) is 27.6. The SMILES string of the molecule is O=C(CON=Cc1ccccc1)Nc1ccccc1C(=O)O. The Morgan fingerprint density at radius 1 is 1.09 bits per heavy atom. The molecule has 6 heteroatoms. The largest absolute Gasteiger partial charge is 0.478 e. The number of aromatic carboxylic acids is 1. The third-order valence-electron chi connectivity index (χ3n) is 2.70. The number of para-hydroxylation sites is 1. The lowest BCUT2D eigenvalue weighted by atomic mass is 10.2. The van der Waals surface area contributed by atoms with E-state index in [-0.39, 0.29) is 17.9 Å². The van der Waals surface area contributed by atoms with Crippen molar-refractivity contribution in [3.63, 3.8) is 0 Å². The van der Waals surface area contributed by atoms with E-state index < -0.39 is 11.9 Å². The van der Waals surface area contributed by atoms with Crippen LogP contribution in [0.15, 0.2) is 59.8 Å². The highest BCUT2D eigenvalue weighted by Crippen LogP contribution is 2.14. The molecule has 1 amide bonds. The normalized spacial score (nSPS) is 10.4. The van der Waals surface area contributed by atoms with Crippen molar-refractivity contribution in [1.29, 1.82) is 0 Å². The Kier molecular flexibility index (Phi) is 5.25. The third-order valence-corrected chi connectivity index (χ3v) is 2.70. The van der Waals surface area contributed by atoms with Crippen LogP contribution in [-0.2, 0) is 9.63 Å². The molecule has 22 heavy (non-hydrogen) atoms. The van der Waals surface area contributed by atoms with Gasteiger partial charge in [-0.05, 0) is 17.7 Å². The average Bonchev–Trinajstić information content (AvgIpc) is 2.53. The number of oxime groups is 1. The second-order valence-corrected chi connectivity index (χ2v) is 4.32. The van der Waals surface area contributed by atoms with Crippen molar-refractivity contribution >= 4 is 23.8 Å². The Balaban J connectivity index is 1.86. The van der Waals surface area contributed by atoms with E-state index in [2.05, 4.69) is 10.5 Å². The van der Waals surface area contributed by atoms with Crippen LogP contribution in [0.2, 0.25) is 0 Å². The smallest absolute Gasteiger partial charge is 0.337 e. The van der Waals surface area contributed by atoms with E-state index in [0.29, 0.717) is 0 Å². The maximum absolute atomic E-state index is 11.7. The first-order valence-electron chi connectivity index (χ1n) is 6.49. The molecular weight excluding hydrogens is 284 g/mol. The van der Waals surface area contributed by atoms with E-state index in [1.165, 1.54) is 18.3 Å². The molecule has 0 spiro atoms. The maximum atomic E-state index is 11.7. The van der Waals surface area contributed by atoms with Gasteiger partial charge >= 0.3 is 5.97 Å². The molecule has 112 valence electrons. The summed E-state index contributed by atoms with van der Waals surface area (Å²) in [7, 11) is 0. The van der Waals surface area contributed by atoms with Crippen molar-refractivity contribution in [2.45, 2.75) is 0 Å². The summed E-state index contributed by atoms with van der Waals surface area (Å²) in [5, 5.41) is 15.2. The topological polar surface area (TPSA) is 88.0 Å². The lowest BCUT2D eigenvalue weighted by Gasteiger charge is -2.07. The number of benzene rings is 2. The fourth-order valence-electron chi connectivity index (χ4n) is 1.70. The maximum Gasteiger partial charge on any atom is 0.337 e. The zero-order valence-corrected chi connectivity index (χ0v) is 11.6. The Hall–Kier alpha value is -3.15. The minimum Gasteiger partial charge on any atom is -0.478 e. The summed E-state index contributed by atoms with van der Waals surface area (Å²) < 4.78 is 0. The van der Waals surface area contributed by atoms with Crippen LogP contribution < -0.4 is 5.32 Å². The first kappa shape index (κ1) is 15.2. The third kappa shape index (κ3) is 4.45. The number of amides is 1. The van der Waals surface area contributed by atoms with Crippen LogP contribution in [0.5, 0.6) is 0 Å². The van der Waals surface area contributed by atoms with E-state index in [1.54, 1.807) is 12.1 Å². The Morgan fingerprint density at radius 2 is 1.77 bits per heavy atom. The number of hydrogen-bond acceptors (Lipinski definition) is 4. The van der Waals surface area contributed by atoms with Gasteiger partial charge in [0.1, 0.15) is 0 Å². The van der Waals surface area contributed by atoms with Gasteiger partial charge in [-0.25, -0.2) is 4.79 Å². The number of anilines is 1. The Morgan fingerprint density at radius 3 is 2.50 bits per heavy atom. The van der Waals surface area contributed by atoms with Gasteiger partial charge in [0.05, 0.1) is 17.5 Å². The summed E-state index contributed by atoms with van der Waals surface area (Å²) >= 11 is 0.